The molecule has 2 aromatic carbocycles. The number of para-hydroxylation sites is 1. The Labute approximate surface area is 138 Å². The van der Waals surface area contributed by atoms with Gasteiger partial charge in [0.25, 0.3) is 5.91 Å². The van der Waals surface area contributed by atoms with Crippen LogP contribution in [-0.4, -0.2) is 18.5 Å². The van der Waals surface area contributed by atoms with Gasteiger partial charge in [0.2, 0.25) is 0 Å². The van der Waals surface area contributed by atoms with Crippen molar-refractivity contribution in [2.24, 2.45) is 0 Å². The van der Waals surface area contributed by atoms with Crippen LogP contribution in [0.1, 0.15) is 21.5 Å². The Morgan fingerprint density at radius 3 is 2.39 bits per heavy atom. The molecule has 0 spiro atoms. The van der Waals surface area contributed by atoms with Gasteiger partial charge < -0.3 is 20.0 Å². The molecule has 23 heavy (non-hydrogen) atoms. The Kier molecular flexibility index (Phi) is 5.24. The van der Waals surface area contributed by atoms with Crippen LogP contribution in [0.2, 0.25) is 5.02 Å². The van der Waals surface area contributed by atoms with Gasteiger partial charge in [-0.15, -0.1) is 0 Å². The summed E-state index contributed by atoms with van der Waals surface area (Å²) in [7, 11) is 0. The Morgan fingerprint density at radius 1 is 1.17 bits per heavy atom. The highest BCUT2D eigenvalue weighted by molar-refractivity contribution is 6.32. The molecule has 6 heteroatoms. The van der Waals surface area contributed by atoms with Crippen molar-refractivity contribution in [3.05, 3.63) is 58.1 Å². The molecule has 0 aliphatic rings. The van der Waals surface area contributed by atoms with Crippen LogP contribution in [0.4, 0.5) is 5.69 Å². The molecule has 120 valence electrons. The maximum Gasteiger partial charge on any atom is 0.262 e. The number of carboxylic acids is 1. The summed E-state index contributed by atoms with van der Waals surface area (Å²) in [5.74, 6) is -1.30. The lowest BCUT2D eigenvalue weighted by molar-refractivity contribution is -0.254. The molecule has 2 aromatic rings. The van der Waals surface area contributed by atoms with E-state index >= 15 is 0 Å². The number of benzene rings is 2. The predicted molar refractivity (Wildman–Crippen MR) is 85.8 cm³/mol. The van der Waals surface area contributed by atoms with E-state index in [1.54, 1.807) is 24.3 Å². The quantitative estimate of drug-likeness (QED) is 0.911. The van der Waals surface area contributed by atoms with Gasteiger partial charge in [0.15, 0.2) is 6.61 Å². The minimum atomic E-state index is -1.36. The summed E-state index contributed by atoms with van der Waals surface area (Å²) >= 11 is 6.07. The SMILES string of the molecule is Cc1cc(OCC(=O)Nc2ccccc2C(=O)[O-])cc(C)c1Cl. The fourth-order valence-electron chi connectivity index (χ4n) is 2.09. The molecule has 0 atom stereocenters. The summed E-state index contributed by atoms with van der Waals surface area (Å²) in [5, 5.41) is 14.1. The number of amides is 1. The van der Waals surface area contributed by atoms with E-state index in [1.807, 2.05) is 13.8 Å². The fourth-order valence-corrected chi connectivity index (χ4v) is 2.20. The maximum atomic E-state index is 11.9. The Balaban J connectivity index is 2.03. The molecular weight excluding hydrogens is 318 g/mol. The number of aromatic carboxylic acids is 1. The number of anilines is 1. The Bertz CT molecular complexity index is 735. The van der Waals surface area contributed by atoms with Crippen LogP contribution in [0.5, 0.6) is 5.75 Å². The van der Waals surface area contributed by atoms with E-state index in [4.69, 9.17) is 16.3 Å². The third-order valence-electron chi connectivity index (χ3n) is 3.20. The molecule has 1 amide bonds. The highest BCUT2D eigenvalue weighted by atomic mass is 35.5. The van der Waals surface area contributed by atoms with Gasteiger partial charge in [-0.3, -0.25) is 4.79 Å². The molecule has 0 fully saturated rings. The molecule has 0 aliphatic carbocycles. The first-order valence-electron chi connectivity index (χ1n) is 6.88. The average molecular weight is 333 g/mol. The second-order valence-electron chi connectivity index (χ2n) is 5.04. The zero-order valence-electron chi connectivity index (χ0n) is 12.7. The van der Waals surface area contributed by atoms with Gasteiger partial charge >= 0.3 is 0 Å². The third-order valence-corrected chi connectivity index (χ3v) is 3.80. The van der Waals surface area contributed by atoms with Gasteiger partial charge in [-0.05, 0) is 43.2 Å². The zero-order chi connectivity index (χ0) is 17.0. The lowest BCUT2D eigenvalue weighted by Crippen LogP contribution is -2.26. The first kappa shape index (κ1) is 16.8. The number of rotatable bonds is 5. The van der Waals surface area contributed by atoms with Gasteiger partial charge in [-0.1, -0.05) is 29.8 Å². The lowest BCUT2D eigenvalue weighted by Gasteiger charge is -2.13. The second kappa shape index (κ2) is 7.15. The van der Waals surface area contributed by atoms with E-state index in [0.29, 0.717) is 10.8 Å². The van der Waals surface area contributed by atoms with Crippen LogP contribution in [0.15, 0.2) is 36.4 Å². The molecule has 1 N–H and O–H groups in total. The van der Waals surface area contributed by atoms with Crippen molar-refractivity contribution in [3.63, 3.8) is 0 Å². The molecule has 0 aliphatic heterocycles. The van der Waals surface area contributed by atoms with Crippen molar-refractivity contribution in [2.75, 3.05) is 11.9 Å². The normalized spacial score (nSPS) is 10.2. The first-order valence-corrected chi connectivity index (χ1v) is 7.26. The third kappa shape index (κ3) is 4.23. The summed E-state index contributed by atoms with van der Waals surface area (Å²) in [4.78, 5) is 22.9. The first-order chi connectivity index (χ1) is 10.9. The van der Waals surface area contributed by atoms with Crippen molar-refractivity contribution in [1.82, 2.24) is 0 Å². The Morgan fingerprint density at radius 2 is 1.78 bits per heavy atom. The topological polar surface area (TPSA) is 78.5 Å². The van der Waals surface area contributed by atoms with Crippen molar-refractivity contribution >= 4 is 29.2 Å². The molecule has 0 aromatic heterocycles. The number of carbonyl (C=O) groups is 2. The van der Waals surface area contributed by atoms with Gasteiger partial charge in [0.1, 0.15) is 5.75 Å². The van der Waals surface area contributed by atoms with Gasteiger partial charge in [-0.25, -0.2) is 0 Å². The molecule has 2 rings (SSSR count). The summed E-state index contributed by atoms with van der Waals surface area (Å²) in [5.41, 5.74) is 1.79. The molecule has 0 saturated carbocycles. The Hall–Kier alpha value is -2.53. The number of nitrogens with one attached hydrogen (secondary N) is 1. The zero-order valence-corrected chi connectivity index (χ0v) is 13.4. The minimum Gasteiger partial charge on any atom is -0.545 e. The number of aryl methyl sites for hydroxylation is 2. The van der Waals surface area contributed by atoms with Gasteiger partial charge in [-0.2, -0.15) is 0 Å². The van der Waals surface area contributed by atoms with Crippen molar-refractivity contribution in [1.29, 1.82) is 0 Å². The monoisotopic (exact) mass is 332 g/mol. The minimum absolute atomic E-state index is 0.0842. The number of halogens is 1. The van der Waals surface area contributed by atoms with Crippen LogP contribution >= 0.6 is 11.6 Å². The fraction of sp³-hybridized carbons (Fsp3) is 0.176. The number of hydrogen-bond acceptors (Lipinski definition) is 4. The number of hydrogen-bond donors (Lipinski definition) is 1. The molecule has 0 bridgehead atoms. The van der Waals surface area contributed by atoms with E-state index in [1.165, 1.54) is 12.1 Å². The predicted octanol–water partition coefficient (Wildman–Crippen LogP) is 2.34. The standard InChI is InChI=1S/C17H16ClNO4/c1-10-7-12(8-11(2)16(10)18)23-9-15(20)19-14-6-4-3-5-13(14)17(21)22/h3-8H,9H2,1-2H3,(H,19,20)(H,21,22)/p-1. The maximum absolute atomic E-state index is 11.9. The molecular formula is C17H15ClNO4-. The molecule has 0 saturated heterocycles. The van der Waals surface area contributed by atoms with Crippen LogP contribution in [0.3, 0.4) is 0 Å². The largest absolute Gasteiger partial charge is 0.545 e. The molecule has 5 nitrogen and oxygen atoms in total. The summed E-state index contributed by atoms with van der Waals surface area (Å²) in [6.07, 6.45) is 0. The van der Waals surface area contributed by atoms with E-state index in [9.17, 15) is 14.7 Å². The van der Waals surface area contributed by atoms with E-state index < -0.39 is 11.9 Å². The van der Waals surface area contributed by atoms with Crippen molar-refractivity contribution in [3.8, 4) is 5.75 Å². The van der Waals surface area contributed by atoms with E-state index in [2.05, 4.69) is 5.32 Å². The van der Waals surface area contributed by atoms with Crippen molar-refractivity contribution < 1.29 is 19.4 Å². The number of carbonyl (C=O) groups excluding carboxylic acids is 2. The summed E-state index contributed by atoms with van der Waals surface area (Å²) in [6.45, 7) is 3.44. The van der Waals surface area contributed by atoms with E-state index in [0.717, 1.165) is 11.1 Å². The van der Waals surface area contributed by atoms with E-state index in [-0.39, 0.29) is 17.9 Å². The van der Waals surface area contributed by atoms with Gasteiger partial charge in [0.05, 0.1) is 5.97 Å². The average Bonchev–Trinajstić information content (AvgIpc) is 2.50. The lowest BCUT2D eigenvalue weighted by atomic mass is 10.1. The highest BCUT2D eigenvalue weighted by Gasteiger charge is 2.09. The van der Waals surface area contributed by atoms with Gasteiger partial charge in [0, 0.05) is 16.3 Å². The van der Waals surface area contributed by atoms with Crippen LogP contribution in [0.25, 0.3) is 0 Å². The van der Waals surface area contributed by atoms with Crippen LogP contribution in [0, 0.1) is 13.8 Å². The number of ether oxygens (including phenoxy) is 1. The number of carboxylic acid groups (broad SMARTS) is 1. The molecule has 0 heterocycles. The summed E-state index contributed by atoms with van der Waals surface area (Å²) < 4.78 is 5.42. The molecule has 0 unspecified atom stereocenters. The highest BCUT2D eigenvalue weighted by Crippen LogP contribution is 2.25. The smallest absolute Gasteiger partial charge is 0.262 e. The molecule has 0 radical (unpaired) electrons. The second-order valence-corrected chi connectivity index (χ2v) is 5.42. The summed E-state index contributed by atoms with van der Waals surface area (Å²) in [6, 6.07) is 9.48. The van der Waals surface area contributed by atoms with Crippen LogP contribution < -0.4 is 15.2 Å². The van der Waals surface area contributed by atoms with Crippen molar-refractivity contribution in [2.45, 2.75) is 13.8 Å². The van der Waals surface area contributed by atoms with Crippen LogP contribution in [-0.2, 0) is 4.79 Å².